The maximum absolute atomic E-state index is 10.8. The molecule has 0 saturated carbocycles. The molecule has 0 aromatic heterocycles. The lowest BCUT2D eigenvalue weighted by atomic mass is 10.1. The minimum absolute atomic E-state index is 0.0288. The number of amides is 1. The lowest BCUT2D eigenvalue weighted by Gasteiger charge is -2.12. The predicted octanol–water partition coefficient (Wildman–Crippen LogP) is -0.137. The molecular weight excluding hydrogens is 140 g/mol. The van der Waals surface area contributed by atoms with Gasteiger partial charge in [-0.3, -0.25) is 4.79 Å². The van der Waals surface area contributed by atoms with Crippen LogP contribution in [-0.2, 0) is 4.79 Å². The first-order valence-corrected chi connectivity index (χ1v) is 3.67. The largest absolute Gasteiger partial charge is 0.351 e. The molecule has 0 aliphatic carbocycles. The van der Waals surface area contributed by atoms with E-state index in [-0.39, 0.29) is 18.5 Å². The lowest BCUT2D eigenvalue weighted by molar-refractivity contribution is -0.120. The van der Waals surface area contributed by atoms with Crippen LogP contribution in [0.15, 0.2) is 0 Å². The molecule has 1 amide bonds. The van der Waals surface area contributed by atoms with E-state index in [2.05, 4.69) is 11.2 Å². The molecule has 1 unspecified atom stereocenters. The van der Waals surface area contributed by atoms with E-state index in [9.17, 15) is 4.79 Å². The number of rotatable bonds is 4. The maximum Gasteiger partial charge on any atom is 0.233 e. The molecule has 0 radical (unpaired) electrons. The van der Waals surface area contributed by atoms with Crippen molar-refractivity contribution in [2.45, 2.75) is 25.8 Å². The Morgan fingerprint density at radius 1 is 1.82 bits per heavy atom. The topological polar surface area (TPSA) is 55.1 Å². The van der Waals surface area contributed by atoms with Crippen LogP contribution in [0.25, 0.3) is 0 Å². The second kappa shape index (κ2) is 5.75. The van der Waals surface area contributed by atoms with E-state index in [0.29, 0.717) is 6.42 Å². The Kier molecular flexibility index (Phi) is 5.22. The number of terminal acetylenes is 1. The highest BCUT2D eigenvalue weighted by Gasteiger charge is 2.06. The van der Waals surface area contributed by atoms with Gasteiger partial charge >= 0.3 is 0 Å². The SMILES string of the molecule is C#CCC(CC)NC(=O)CN. The van der Waals surface area contributed by atoms with Crippen molar-refractivity contribution in [3.05, 3.63) is 0 Å². The van der Waals surface area contributed by atoms with Crippen molar-refractivity contribution < 1.29 is 4.79 Å². The van der Waals surface area contributed by atoms with E-state index in [1.807, 2.05) is 6.92 Å². The molecule has 1 atom stereocenters. The molecule has 0 aromatic rings. The first-order chi connectivity index (χ1) is 5.24. The molecule has 3 nitrogen and oxygen atoms in total. The molecule has 0 fully saturated rings. The minimum Gasteiger partial charge on any atom is -0.351 e. The Hall–Kier alpha value is -1.01. The van der Waals surface area contributed by atoms with Gasteiger partial charge in [-0.2, -0.15) is 0 Å². The van der Waals surface area contributed by atoms with E-state index < -0.39 is 0 Å². The predicted molar refractivity (Wildman–Crippen MR) is 44.7 cm³/mol. The van der Waals surface area contributed by atoms with Gasteiger partial charge in [0.15, 0.2) is 0 Å². The zero-order chi connectivity index (χ0) is 8.69. The summed E-state index contributed by atoms with van der Waals surface area (Å²) >= 11 is 0. The summed E-state index contributed by atoms with van der Waals surface area (Å²) in [5.74, 6) is 2.35. The van der Waals surface area contributed by atoms with Crippen molar-refractivity contribution in [1.82, 2.24) is 5.32 Å². The Balaban J connectivity index is 3.70. The highest BCUT2D eigenvalue weighted by Crippen LogP contribution is 1.94. The molecule has 0 rings (SSSR count). The van der Waals surface area contributed by atoms with Crippen LogP contribution in [-0.4, -0.2) is 18.5 Å². The fraction of sp³-hybridized carbons (Fsp3) is 0.625. The van der Waals surface area contributed by atoms with Crippen molar-refractivity contribution >= 4 is 5.91 Å². The van der Waals surface area contributed by atoms with Gasteiger partial charge < -0.3 is 11.1 Å². The van der Waals surface area contributed by atoms with Crippen LogP contribution in [0.5, 0.6) is 0 Å². The Morgan fingerprint density at radius 2 is 2.45 bits per heavy atom. The molecule has 0 aliphatic rings. The molecule has 0 aliphatic heterocycles. The fourth-order valence-corrected chi connectivity index (χ4v) is 0.726. The molecule has 0 aromatic carbocycles. The first kappa shape index (κ1) is 9.99. The normalized spacial score (nSPS) is 11.7. The van der Waals surface area contributed by atoms with Gasteiger partial charge in [-0.1, -0.05) is 6.92 Å². The summed E-state index contributed by atoms with van der Waals surface area (Å²) in [5, 5.41) is 2.71. The summed E-state index contributed by atoms with van der Waals surface area (Å²) in [6.45, 7) is 2.00. The van der Waals surface area contributed by atoms with Crippen LogP contribution >= 0.6 is 0 Å². The number of hydrogen-bond donors (Lipinski definition) is 2. The van der Waals surface area contributed by atoms with Crippen LogP contribution in [0.3, 0.4) is 0 Å². The van der Waals surface area contributed by atoms with E-state index in [4.69, 9.17) is 12.2 Å². The maximum atomic E-state index is 10.8. The third kappa shape index (κ3) is 4.40. The standard InChI is InChI=1S/C8H14N2O/c1-3-5-7(4-2)10-8(11)6-9/h1,7H,4-6,9H2,2H3,(H,10,11). The van der Waals surface area contributed by atoms with Crippen molar-refractivity contribution in [1.29, 1.82) is 0 Å². The molecule has 3 N–H and O–H groups in total. The van der Waals surface area contributed by atoms with Crippen LogP contribution in [0, 0.1) is 12.3 Å². The number of nitrogens with one attached hydrogen (secondary N) is 1. The van der Waals surface area contributed by atoms with Crippen molar-refractivity contribution in [2.75, 3.05) is 6.54 Å². The summed E-state index contributed by atoms with van der Waals surface area (Å²) in [7, 11) is 0. The van der Waals surface area contributed by atoms with Gasteiger partial charge in [0.25, 0.3) is 0 Å². The van der Waals surface area contributed by atoms with Gasteiger partial charge in [-0.15, -0.1) is 12.3 Å². The van der Waals surface area contributed by atoms with Crippen LogP contribution in [0.1, 0.15) is 19.8 Å². The van der Waals surface area contributed by atoms with Gasteiger partial charge in [0.1, 0.15) is 0 Å². The number of nitrogens with two attached hydrogens (primary N) is 1. The second-order valence-corrected chi connectivity index (χ2v) is 2.29. The third-order valence-corrected chi connectivity index (χ3v) is 1.41. The van der Waals surface area contributed by atoms with E-state index in [1.54, 1.807) is 0 Å². The molecule has 62 valence electrons. The van der Waals surface area contributed by atoms with E-state index in [0.717, 1.165) is 6.42 Å². The number of carbonyl (C=O) groups is 1. The highest BCUT2D eigenvalue weighted by atomic mass is 16.1. The molecule has 11 heavy (non-hydrogen) atoms. The van der Waals surface area contributed by atoms with Gasteiger partial charge in [-0.05, 0) is 6.42 Å². The fourth-order valence-electron chi connectivity index (χ4n) is 0.726. The minimum atomic E-state index is -0.146. The van der Waals surface area contributed by atoms with Gasteiger partial charge in [0.2, 0.25) is 5.91 Å². The number of carbonyl (C=O) groups excluding carboxylic acids is 1. The summed E-state index contributed by atoms with van der Waals surface area (Å²) < 4.78 is 0. The molecule has 0 bridgehead atoms. The van der Waals surface area contributed by atoms with Gasteiger partial charge in [0, 0.05) is 12.5 Å². The van der Waals surface area contributed by atoms with Crippen LogP contribution in [0.2, 0.25) is 0 Å². The first-order valence-electron chi connectivity index (χ1n) is 3.67. The molecule has 0 spiro atoms. The van der Waals surface area contributed by atoms with Gasteiger partial charge in [-0.25, -0.2) is 0 Å². The lowest BCUT2D eigenvalue weighted by Crippen LogP contribution is -2.38. The van der Waals surface area contributed by atoms with Gasteiger partial charge in [0.05, 0.1) is 6.54 Å². The Bertz CT molecular complexity index is 160. The quantitative estimate of drug-likeness (QED) is 0.554. The molecule has 0 heterocycles. The average Bonchev–Trinajstić information content (AvgIpc) is 2.03. The smallest absolute Gasteiger partial charge is 0.233 e. The zero-order valence-electron chi connectivity index (χ0n) is 6.76. The average molecular weight is 154 g/mol. The Morgan fingerprint density at radius 3 is 2.82 bits per heavy atom. The second-order valence-electron chi connectivity index (χ2n) is 2.29. The molecule has 3 heteroatoms. The highest BCUT2D eigenvalue weighted by molar-refractivity contribution is 5.78. The molecule has 0 saturated heterocycles. The van der Waals surface area contributed by atoms with Crippen molar-refractivity contribution in [3.63, 3.8) is 0 Å². The monoisotopic (exact) mass is 154 g/mol. The summed E-state index contributed by atoms with van der Waals surface area (Å²) in [6.07, 6.45) is 6.50. The van der Waals surface area contributed by atoms with Crippen LogP contribution in [0.4, 0.5) is 0 Å². The molecular formula is C8H14N2O. The zero-order valence-corrected chi connectivity index (χ0v) is 6.76. The van der Waals surface area contributed by atoms with Crippen LogP contribution < -0.4 is 11.1 Å². The summed E-state index contributed by atoms with van der Waals surface area (Å²) in [6, 6.07) is 0.0797. The van der Waals surface area contributed by atoms with E-state index in [1.165, 1.54) is 0 Å². The van der Waals surface area contributed by atoms with E-state index >= 15 is 0 Å². The van der Waals surface area contributed by atoms with Crippen molar-refractivity contribution in [3.8, 4) is 12.3 Å². The third-order valence-electron chi connectivity index (χ3n) is 1.41. The van der Waals surface area contributed by atoms with Crippen molar-refractivity contribution in [2.24, 2.45) is 5.73 Å². The summed E-state index contributed by atoms with van der Waals surface area (Å²) in [5.41, 5.74) is 5.11. The number of hydrogen-bond acceptors (Lipinski definition) is 2. The Labute approximate surface area is 67.3 Å². The summed E-state index contributed by atoms with van der Waals surface area (Å²) in [4.78, 5) is 10.8.